The molecule has 25 heavy (non-hydrogen) atoms. The number of thioether (sulfide) groups is 1. The Labute approximate surface area is 154 Å². The first kappa shape index (κ1) is 16.2. The molecule has 0 fully saturated rings. The van der Waals surface area contributed by atoms with Crippen molar-refractivity contribution in [3.63, 3.8) is 0 Å². The number of thiophene rings is 2. The van der Waals surface area contributed by atoms with Crippen LogP contribution in [0.4, 0.5) is 0 Å². The zero-order valence-electron chi connectivity index (χ0n) is 12.9. The maximum Gasteiger partial charge on any atom is 0.263 e. The molecule has 9 heteroatoms. The summed E-state index contributed by atoms with van der Waals surface area (Å²) in [5.74, 6) is 1.52. The molecule has 0 saturated heterocycles. The van der Waals surface area contributed by atoms with Crippen molar-refractivity contribution < 1.29 is 4.52 Å². The molecule has 0 saturated carbocycles. The second kappa shape index (κ2) is 6.95. The quantitative estimate of drug-likeness (QED) is 0.282. The molecule has 0 aliphatic rings. The second-order valence-corrected chi connectivity index (χ2v) is 7.80. The van der Waals surface area contributed by atoms with Gasteiger partial charge in [-0.2, -0.15) is 4.98 Å². The number of fused-ring (bicyclic) bond motifs is 1. The largest absolute Gasteiger partial charge is 0.338 e. The number of hydrogen-bond acceptors (Lipinski definition) is 8. The van der Waals surface area contributed by atoms with Gasteiger partial charge in [0.15, 0.2) is 5.16 Å². The predicted octanol–water partition coefficient (Wildman–Crippen LogP) is 4.05. The Morgan fingerprint density at radius 3 is 3.00 bits per heavy atom. The van der Waals surface area contributed by atoms with Crippen LogP contribution in [0.3, 0.4) is 0 Å². The normalized spacial score (nSPS) is 11.2. The van der Waals surface area contributed by atoms with Crippen LogP contribution in [0.15, 0.2) is 56.1 Å². The minimum atomic E-state index is -0.0570. The van der Waals surface area contributed by atoms with Crippen molar-refractivity contribution in [1.29, 1.82) is 0 Å². The molecular weight excluding hydrogens is 376 g/mol. The smallest absolute Gasteiger partial charge is 0.263 e. The van der Waals surface area contributed by atoms with Crippen molar-refractivity contribution in [2.45, 2.75) is 17.5 Å². The molecule has 0 aliphatic carbocycles. The van der Waals surface area contributed by atoms with E-state index in [1.165, 1.54) is 23.1 Å². The van der Waals surface area contributed by atoms with Crippen molar-refractivity contribution in [3.8, 4) is 10.7 Å². The van der Waals surface area contributed by atoms with Gasteiger partial charge >= 0.3 is 0 Å². The molecule has 6 nitrogen and oxygen atoms in total. The standard InChI is InChI=1S/C16H12N4O2S3/c1-2-6-20-15(21)10-5-8-24-14(10)18-16(20)25-9-12-17-13(19-22-12)11-4-3-7-23-11/h2-5,7-8H,1,6,9H2. The maximum absolute atomic E-state index is 12.6. The van der Waals surface area contributed by atoms with Gasteiger partial charge in [-0.3, -0.25) is 9.36 Å². The molecule has 0 aliphatic heterocycles. The van der Waals surface area contributed by atoms with Crippen molar-refractivity contribution in [2.75, 3.05) is 0 Å². The summed E-state index contributed by atoms with van der Waals surface area (Å²) in [5.41, 5.74) is -0.0570. The van der Waals surface area contributed by atoms with Crippen LogP contribution in [0.2, 0.25) is 0 Å². The zero-order valence-corrected chi connectivity index (χ0v) is 15.4. The van der Waals surface area contributed by atoms with E-state index in [2.05, 4.69) is 21.7 Å². The maximum atomic E-state index is 12.6. The molecule has 0 atom stereocenters. The number of allylic oxidation sites excluding steroid dienone is 1. The first-order chi connectivity index (χ1) is 12.3. The molecule has 0 N–H and O–H groups in total. The average molecular weight is 388 g/mol. The number of aromatic nitrogens is 4. The summed E-state index contributed by atoms with van der Waals surface area (Å²) in [4.78, 5) is 23.3. The minimum absolute atomic E-state index is 0.0570. The molecule has 4 aromatic rings. The Balaban J connectivity index is 1.61. The number of nitrogens with zero attached hydrogens (tertiary/aromatic N) is 4. The van der Waals surface area contributed by atoms with Gasteiger partial charge in [0.2, 0.25) is 11.7 Å². The fourth-order valence-corrected chi connectivity index (χ4v) is 4.58. The first-order valence-electron chi connectivity index (χ1n) is 7.34. The molecule has 0 amide bonds. The molecular formula is C16H12N4O2S3. The van der Waals surface area contributed by atoms with Crippen molar-refractivity contribution in [2.24, 2.45) is 0 Å². The predicted molar refractivity (Wildman–Crippen MR) is 101 cm³/mol. The van der Waals surface area contributed by atoms with Crippen LogP contribution in [0, 0.1) is 0 Å². The van der Waals surface area contributed by atoms with Crippen LogP contribution in [0.1, 0.15) is 5.89 Å². The highest BCUT2D eigenvalue weighted by Gasteiger charge is 2.14. The SMILES string of the molecule is C=CCn1c(SCc2nc(-c3cccs3)no2)nc2sccc2c1=O. The number of rotatable bonds is 6. The van der Waals surface area contributed by atoms with Crippen LogP contribution < -0.4 is 5.56 Å². The van der Waals surface area contributed by atoms with Crippen LogP contribution in [-0.2, 0) is 12.3 Å². The average Bonchev–Trinajstić information content (AvgIpc) is 3.36. The summed E-state index contributed by atoms with van der Waals surface area (Å²) in [6.07, 6.45) is 1.69. The van der Waals surface area contributed by atoms with Crippen molar-refractivity contribution >= 4 is 44.7 Å². The van der Waals surface area contributed by atoms with E-state index in [0.717, 1.165) is 9.71 Å². The van der Waals surface area contributed by atoms with Crippen LogP contribution >= 0.6 is 34.4 Å². The Hall–Kier alpha value is -2.23. The molecule has 0 radical (unpaired) electrons. The fraction of sp³-hybridized carbons (Fsp3) is 0.125. The lowest BCUT2D eigenvalue weighted by Crippen LogP contribution is -2.22. The molecule has 0 bridgehead atoms. The van der Waals surface area contributed by atoms with E-state index in [0.29, 0.717) is 34.6 Å². The van der Waals surface area contributed by atoms with Crippen LogP contribution in [-0.4, -0.2) is 19.7 Å². The molecule has 4 heterocycles. The zero-order chi connectivity index (χ0) is 17.2. The number of hydrogen-bond donors (Lipinski definition) is 0. The van der Waals surface area contributed by atoms with Crippen molar-refractivity contribution in [1.82, 2.24) is 19.7 Å². The molecule has 0 spiro atoms. The van der Waals surface area contributed by atoms with Crippen LogP contribution in [0.5, 0.6) is 0 Å². The third-order valence-corrected chi connectivity index (χ3v) is 6.03. The van der Waals surface area contributed by atoms with Crippen LogP contribution in [0.25, 0.3) is 20.9 Å². The Kier molecular flexibility index (Phi) is 4.51. The van der Waals surface area contributed by atoms with E-state index in [4.69, 9.17) is 4.52 Å². The molecule has 4 aromatic heterocycles. The van der Waals surface area contributed by atoms with Gasteiger partial charge in [-0.25, -0.2) is 4.98 Å². The monoisotopic (exact) mass is 388 g/mol. The lowest BCUT2D eigenvalue weighted by atomic mass is 10.4. The fourth-order valence-electron chi connectivity index (χ4n) is 2.28. The summed E-state index contributed by atoms with van der Waals surface area (Å²) >= 11 is 4.41. The van der Waals surface area contributed by atoms with E-state index in [1.807, 2.05) is 22.9 Å². The van der Waals surface area contributed by atoms with Gasteiger partial charge in [-0.15, -0.1) is 29.3 Å². The Morgan fingerprint density at radius 1 is 1.28 bits per heavy atom. The molecule has 126 valence electrons. The highest BCUT2D eigenvalue weighted by molar-refractivity contribution is 7.98. The molecule has 0 unspecified atom stereocenters. The first-order valence-corrected chi connectivity index (χ1v) is 10.1. The second-order valence-electron chi connectivity index (χ2n) is 5.02. The topological polar surface area (TPSA) is 73.8 Å². The third-order valence-electron chi connectivity index (χ3n) is 3.39. The van der Waals surface area contributed by atoms with Gasteiger partial charge in [0, 0.05) is 6.54 Å². The van der Waals surface area contributed by atoms with Gasteiger partial charge in [-0.05, 0) is 22.9 Å². The summed E-state index contributed by atoms with van der Waals surface area (Å²) in [6.45, 7) is 4.13. The van der Waals surface area contributed by atoms with E-state index in [9.17, 15) is 4.79 Å². The van der Waals surface area contributed by atoms with E-state index in [1.54, 1.807) is 28.0 Å². The highest BCUT2D eigenvalue weighted by atomic mass is 32.2. The summed E-state index contributed by atoms with van der Waals surface area (Å²) in [6, 6.07) is 5.69. The van der Waals surface area contributed by atoms with Gasteiger partial charge in [0.1, 0.15) is 4.83 Å². The van der Waals surface area contributed by atoms with Gasteiger partial charge < -0.3 is 4.52 Å². The third kappa shape index (κ3) is 3.17. The van der Waals surface area contributed by atoms with Crippen molar-refractivity contribution in [3.05, 3.63) is 57.9 Å². The van der Waals surface area contributed by atoms with E-state index < -0.39 is 0 Å². The van der Waals surface area contributed by atoms with E-state index >= 15 is 0 Å². The summed E-state index contributed by atoms with van der Waals surface area (Å²) in [7, 11) is 0. The Morgan fingerprint density at radius 2 is 2.20 bits per heavy atom. The van der Waals surface area contributed by atoms with Gasteiger partial charge in [0.25, 0.3) is 5.56 Å². The van der Waals surface area contributed by atoms with Gasteiger partial charge in [-0.1, -0.05) is 29.1 Å². The summed E-state index contributed by atoms with van der Waals surface area (Å²) in [5, 5.41) is 9.09. The minimum Gasteiger partial charge on any atom is -0.338 e. The lowest BCUT2D eigenvalue weighted by Gasteiger charge is -2.08. The highest BCUT2D eigenvalue weighted by Crippen LogP contribution is 2.26. The molecule has 4 rings (SSSR count). The van der Waals surface area contributed by atoms with E-state index in [-0.39, 0.29) is 5.56 Å². The molecule has 0 aromatic carbocycles. The lowest BCUT2D eigenvalue weighted by molar-refractivity contribution is 0.391. The summed E-state index contributed by atoms with van der Waals surface area (Å²) < 4.78 is 6.92. The van der Waals surface area contributed by atoms with Gasteiger partial charge in [0.05, 0.1) is 16.0 Å². The Bertz CT molecular complexity index is 1080.